The molecule has 4 nitrogen and oxygen atoms in total. The Labute approximate surface area is 96.4 Å². The molecule has 3 atom stereocenters. The monoisotopic (exact) mass is 227 g/mol. The fourth-order valence-electron chi connectivity index (χ4n) is 2.53. The van der Waals surface area contributed by atoms with Crippen LogP contribution in [0.2, 0.25) is 0 Å². The van der Waals surface area contributed by atoms with Crippen LogP contribution in [-0.2, 0) is 9.53 Å². The molecule has 92 valence electrons. The van der Waals surface area contributed by atoms with Crippen LogP contribution in [0.25, 0.3) is 0 Å². The lowest BCUT2D eigenvalue weighted by atomic mass is 10.0. The number of carbonyl (C=O) groups excluding carboxylic acids is 1. The maximum Gasteiger partial charge on any atom is 0.323 e. The van der Waals surface area contributed by atoms with Crippen LogP contribution >= 0.6 is 0 Å². The van der Waals surface area contributed by atoms with Crippen LogP contribution in [-0.4, -0.2) is 36.9 Å². The van der Waals surface area contributed by atoms with Gasteiger partial charge in [0.1, 0.15) is 6.04 Å². The van der Waals surface area contributed by atoms with Gasteiger partial charge in [-0.3, -0.25) is 4.79 Å². The average Bonchev–Trinajstić information content (AvgIpc) is 3.03. The first-order valence-corrected chi connectivity index (χ1v) is 6.21. The van der Waals surface area contributed by atoms with E-state index >= 15 is 0 Å². The molecular formula is C12H21NO3. The second-order valence-corrected chi connectivity index (χ2v) is 5.00. The average molecular weight is 227 g/mol. The molecule has 0 aliphatic heterocycles. The fraction of sp³-hybridized carbons (Fsp3) is 0.917. The Morgan fingerprint density at radius 3 is 2.69 bits per heavy atom. The maximum absolute atomic E-state index is 11.5. The van der Waals surface area contributed by atoms with E-state index in [4.69, 9.17) is 4.74 Å². The molecule has 2 aliphatic carbocycles. The maximum atomic E-state index is 11.5. The molecule has 0 radical (unpaired) electrons. The van der Waals surface area contributed by atoms with Crippen LogP contribution in [0.3, 0.4) is 0 Å². The van der Waals surface area contributed by atoms with Gasteiger partial charge >= 0.3 is 5.97 Å². The standard InChI is InChI=1S/C12H21NO3/c1-16-12(15)11(8-5-6-8)13-7-9-3-2-4-10(9)14/h8-11,13-14H,2-7H2,1H3. The third kappa shape index (κ3) is 2.74. The third-order valence-corrected chi connectivity index (χ3v) is 3.77. The number of nitrogens with one attached hydrogen (secondary N) is 1. The van der Waals surface area contributed by atoms with Crippen molar-refractivity contribution in [3.05, 3.63) is 0 Å². The summed E-state index contributed by atoms with van der Waals surface area (Å²) in [6, 6.07) is -0.155. The number of ether oxygens (including phenoxy) is 1. The van der Waals surface area contributed by atoms with Crippen LogP contribution in [0.4, 0.5) is 0 Å². The van der Waals surface area contributed by atoms with Gasteiger partial charge in [-0.1, -0.05) is 6.42 Å². The number of hydrogen-bond acceptors (Lipinski definition) is 4. The number of carbonyl (C=O) groups is 1. The molecule has 2 aliphatic rings. The van der Waals surface area contributed by atoms with Crippen LogP contribution < -0.4 is 5.32 Å². The lowest BCUT2D eigenvalue weighted by Gasteiger charge is -2.20. The molecule has 2 fully saturated rings. The zero-order valence-corrected chi connectivity index (χ0v) is 9.82. The Bertz CT molecular complexity index is 253. The largest absolute Gasteiger partial charge is 0.468 e. The van der Waals surface area contributed by atoms with E-state index in [0.717, 1.165) is 38.6 Å². The highest BCUT2D eigenvalue weighted by Gasteiger charge is 2.37. The van der Waals surface area contributed by atoms with E-state index < -0.39 is 0 Å². The van der Waals surface area contributed by atoms with Crippen molar-refractivity contribution in [3.63, 3.8) is 0 Å². The number of hydrogen-bond donors (Lipinski definition) is 2. The van der Waals surface area contributed by atoms with Gasteiger partial charge in [-0.15, -0.1) is 0 Å². The Hall–Kier alpha value is -0.610. The van der Waals surface area contributed by atoms with Gasteiger partial charge in [0.15, 0.2) is 0 Å². The van der Waals surface area contributed by atoms with Crippen molar-refractivity contribution in [1.82, 2.24) is 5.32 Å². The van der Waals surface area contributed by atoms with Gasteiger partial charge in [0, 0.05) is 6.54 Å². The van der Waals surface area contributed by atoms with Gasteiger partial charge in [0.2, 0.25) is 0 Å². The minimum Gasteiger partial charge on any atom is -0.468 e. The number of rotatable bonds is 5. The molecule has 0 saturated heterocycles. The SMILES string of the molecule is COC(=O)C(NCC1CCCC1O)C1CC1. The highest BCUT2D eigenvalue weighted by atomic mass is 16.5. The number of aliphatic hydroxyl groups excluding tert-OH is 1. The van der Waals surface area contributed by atoms with Crippen molar-refractivity contribution in [2.45, 2.75) is 44.2 Å². The molecule has 0 aromatic rings. The molecule has 2 N–H and O–H groups in total. The minimum atomic E-state index is -0.190. The number of methoxy groups -OCH3 is 1. The second-order valence-electron chi connectivity index (χ2n) is 5.00. The van der Waals surface area contributed by atoms with Crippen molar-refractivity contribution in [2.24, 2.45) is 11.8 Å². The predicted molar refractivity (Wildman–Crippen MR) is 59.9 cm³/mol. The van der Waals surface area contributed by atoms with Gasteiger partial charge in [-0.25, -0.2) is 0 Å². The van der Waals surface area contributed by atoms with E-state index in [1.165, 1.54) is 7.11 Å². The third-order valence-electron chi connectivity index (χ3n) is 3.77. The first-order valence-electron chi connectivity index (χ1n) is 6.21. The van der Waals surface area contributed by atoms with Crippen molar-refractivity contribution >= 4 is 5.97 Å². The van der Waals surface area contributed by atoms with E-state index in [-0.39, 0.29) is 18.1 Å². The van der Waals surface area contributed by atoms with E-state index in [2.05, 4.69) is 5.32 Å². The van der Waals surface area contributed by atoms with Crippen LogP contribution in [0.1, 0.15) is 32.1 Å². The molecule has 2 saturated carbocycles. The van der Waals surface area contributed by atoms with Crippen LogP contribution in [0.15, 0.2) is 0 Å². The van der Waals surface area contributed by atoms with E-state index in [9.17, 15) is 9.90 Å². The van der Waals surface area contributed by atoms with E-state index in [0.29, 0.717) is 11.8 Å². The molecule has 0 heterocycles. The molecule has 0 spiro atoms. The first-order chi connectivity index (χ1) is 7.72. The normalized spacial score (nSPS) is 31.4. The zero-order chi connectivity index (χ0) is 11.5. The Kier molecular flexibility index (Phi) is 3.82. The highest BCUT2D eigenvalue weighted by Crippen LogP contribution is 2.33. The molecule has 0 aromatic heterocycles. The van der Waals surface area contributed by atoms with Crippen LogP contribution in [0.5, 0.6) is 0 Å². The summed E-state index contributed by atoms with van der Waals surface area (Å²) in [4.78, 5) is 11.5. The summed E-state index contributed by atoms with van der Waals surface area (Å²) in [7, 11) is 1.43. The summed E-state index contributed by atoms with van der Waals surface area (Å²) in [6.45, 7) is 0.734. The molecule has 2 rings (SSSR count). The first kappa shape index (κ1) is 11.9. The summed E-state index contributed by atoms with van der Waals surface area (Å²) < 4.78 is 4.79. The summed E-state index contributed by atoms with van der Waals surface area (Å²) >= 11 is 0. The summed E-state index contributed by atoms with van der Waals surface area (Å²) in [6.07, 6.45) is 5.09. The predicted octanol–water partition coefficient (Wildman–Crippen LogP) is 0.689. The minimum absolute atomic E-state index is 0.155. The quantitative estimate of drug-likeness (QED) is 0.678. The topological polar surface area (TPSA) is 58.6 Å². The van der Waals surface area contributed by atoms with Gasteiger partial charge in [0.05, 0.1) is 13.2 Å². The molecule has 16 heavy (non-hydrogen) atoms. The van der Waals surface area contributed by atoms with Crippen molar-refractivity contribution in [2.75, 3.05) is 13.7 Å². The lowest BCUT2D eigenvalue weighted by molar-refractivity contribution is -0.143. The molecule has 0 aromatic carbocycles. The smallest absolute Gasteiger partial charge is 0.323 e. The van der Waals surface area contributed by atoms with E-state index in [1.54, 1.807) is 0 Å². The van der Waals surface area contributed by atoms with Crippen molar-refractivity contribution in [3.8, 4) is 0 Å². The molecular weight excluding hydrogens is 206 g/mol. The summed E-state index contributed by atoms with van der Waals surface area (Å²) in [5.41, 5.74) is 0. The van der Waals surface area contributed by atoms with Gasteiger partial charge in [-0.05, 0) is 37.5 Å². The zero-order valence-electron chi connectivity index (χ0n) is 9.82. The Balaban J connectivity index is 1.79. The van der Waals surface area contributed by atoms with Crippen molar-refractivity contribution < 1.29 is 14.6 Å². The molecule has 3 unspecified atom stereocenters. The van der Waals surface area contributed by atoms with E-state index in [1.807, 2.05) is 0 Å². The van der Waals surface area contributed by atoms with Gasteiger partial charge in [-0.2, -0.15) is 0 Å². The number of esters is 1. The Morgan fingerprint density at radius 2 is 2.19 bits per heavy atom. The highest BCUT2D eigenvalue weighted by molar-refractivity contribution is 5.76. The fourth-order valence-corrected chi connectivity index (χ4v) is 2.53. The molecule has 0 amide bonds. The van der Waals surface area contributed by atoms with Crippen LogP contribution in [0, 0.1) is 11.8 Å². The lowest BCUT2D eigenvalue weighted by Crippen LogP contribution is -2.43. The molecule has 4 heteroatoms. The Morgan fingerprint density at radius 1 is 1.44 bits per heavy atom. The van der Waals surface area contributed by atoms with Gasteiger partial charge in [0.25, 0.3) is 0 Å². The van der Waals surface area contributed by atoms with Gasteiger partial charge < -0.3 is 15.2 Å². The van der Waals surface area contributed by atoms with Crippen molar-refractivity contribution in [1.29, 1.82) is 0 Å². The summed E-state index contributed by atoms with van der Waals surface area (Å²) in [5.74, 6) is 0.604. The molecule has 0 bridgehead atoms. The number of aliphatic hydroxyl groups is 1. The second kappa shape index (κ2) is 5.15. The summed E-state index contributed by atoms with van der Waals surface area (Å²) in [5, 5.41) is 13.0.